The second-order valence-electron chi connectivity index (χ2n) is 10.1. The smallest absolute Gasteiger partial charge is 0.124 e. The Labute approximate surface area is 238 Å². The molecule has 3 aromatic carbocycles. The third-order valence-corrected chi connectivity index (χ3v) is 8.09. The van der Waals surface area contributed by atoms with Crippen molar-refractivity contribution in [1.82, 2.24) is 20.1 Å². The first-order valence-electron chi connectivity index (χ1n) is 13.4. The molecule has 1 fully saturated rings. The lowest BCUT2D eigenvalue weighted by Crippen LogP contribution is -2.29. The van der Waals surface area contributed by atoms with Gasteiger partial charge in [-0.05, 0) is 79.0 Å². The van der Waals surface area contributed by atoms with Crippen LogP contribution in [0.1, 0.15) is 54.7 Å². The zero-order chi connectivity index (χ0) is 26.8. The average molecular weight is 558 g/mol. The van der Waals surface area contributed by atoms with E-state index in [1.165, 1.54) is 54.3 Å². The van der Waals surface area contributed by atoms with Crippen LogP contribution in [0.3, 0.4) is 0 Å². The molecule has 5 nitrogen and oxygen atoms in total. The molecule has 0 aliphatic carbocycles. The van der Waals surface area contributed by atoms with Gasteiger partial charge in [-0.1, -0.05) is 72.1 Å². The first-order chi connectivity index (χ1) is 19.1. The predicted octanol–water partition coefficient (Wildman–Crippen LogP) is 8.71. The Morgan fingerprint density at radius 1 is 0.923 bits per heavy atom. The number of aromatic amines is 1. The van der Waals surface area contributed by atoms with E-state index in [4.69, 9.17) is 27.9 Å². The summed E-state index contributed by atoms with van der Waals surface area (Å²) in [5.41, 5.74) is 5.07. The number of aromatic nitrogens is 3. The first-order valence-corrected chi connectivity index (χ1v) is 14.2. The lowest BCUT2D eigenvalue weighted by Gasteiger charge is -2.27. The number of nitrogens with zero attached hydrogens (tertiary/aromatic N) is 3. The molecule has 1 N–H and O–H groups in total. The van der Waals surface area contributed by atoms with Crippen LogP contribution < -0.4 is 4.74 Å². The summed E-state index contributed by atoms with van der Waals surface area (Å²) < 4.78 is 6.22. The first kappa shape index (κ1) is 25.9. The summed E-state index contributed by atoms with van der Waals surface area (Å²) in [6.45, 7) is 5.31. The summed E-state index contributed by atoms with van der Waals surface area (Å²) in [5.74, 6) is 0.711. The summed E-state index contributed by atoms with van der Waals surface area (Å²) in [6.07, 6.45) is 11.0. The topological polar surface area (TPSA) is 54.0 Å². The van der Waals surface area contributed by atoms with Crippen LogP contribution in [0.4, 0.5) is 0 Å². The van der Waals surface area contributed by atoms with Crippen molar-refractivity contribution in [2.24, 2.45) is 0 Å². The van der Waals surface area contributed by atoms with Gasteiger partial charge in [-0.2, -0.15) is 5.10 Å². The molecule has 1 saturated heterocycles. The van der Waals surface area contributed by atoms with Crippen molar-refractivity contribution in [1.29, 1.82) is 0 Å². The number of pyridine rings is 1. The van der Waals surface area contributed by atoms with Crippen molar-refractivity contribution in [3.63, 3.8) is 0 Å². The third-order valence-electron chi connectivity index (χ3n) is 7.49. The lowest BCUT2D eigenvalue weighted by atomic mass is 9.98. The molecule has 0 bridgehead atoms. The Balaban J connectivity index is 1.27. The fourth-order valence-corrected chi connectivity index (χ4v) is 6.15. The fourth-order valence-electron chi connectivity index (χ4n) is 5.48. The highest BCUT2D eigenvalue weighted by Crippen LogP contribution is 2.34. The molecule has 0 radical (unpaired) electrons. The number of likely N-dealkylation sites (tertiary alicyclic amines) is 1. The molecule has 1 unspecified atom stereocenters. The van der Waals surface area contributed by atoms with Gasteiger partial charge in [-0.15, -0.1) is 0 Å². The molecule has 0 saturated carbocycles. The number of hydrogen-bond acceptors (Lipinski definition) is 4. The van der Waals surface area contributed by atoms with Crippen LogP contribution in [0.15, 0.2) is 67.0 Å². The number of fused-ring (bicyclic) bond motifs is 2. The highest BCUT2D eigenvalue weighted by Gasteiger charge is 2.17. The maximum absolute atomic E-state index is 6.34. The van der Waals surface area contributed by atoms with Crippen molar-refractivity contribution in [3.8, 4) is 5.75 Å². The standard InChI is InChI=1S/C32H30Cl2N4O/c1-21(32-28(33)18-35-19-29(32)34)39-24-12-14-31-27(17-24)30(36-37-31)13-11-22-9-10-23(20-38-15-5-2-6-16-38)26-8-4-3-7-25(22)26/h3-4,7-14,17-19,21H,2,5-6,15-16,20H2,1H3,(H,36,37)/b13-11+. The zero-order valence-electron chi connectivity index (χ0n) is 21.8. The molecule has 2 aromatic heterocycles. The molecule has 5 aromatic rings. The van der Waals surface area contributed by atoms with Crippen molar-refractivity contribution >= 4 is 57.0 Å². The highest BCUT2D eigenvalue weighted by atomic mass is 35.5. The minimum Gasteiger partial charge on any atom is -0.486 e. The number of hydrogen-bond donors (Lipinski definition) is 1. The Morgan fingerprint density at radius 2 is 1.69 bits per heavy atom. The van der Waals surface area contributed by atoms with E-state index in [-0.39, 0.29) is 6.10 Å². The molecule has 1 atom stereocenters. The van der Waals surface area contributed by atoms with Gasteiger partial charge in [-0.3, -0.25) is 15.0 Å². The van der Waals surface area contributed by atoms with Crippen LogP contribution in [0, 0.1) is 0 Å². The number of benzene rings is 3. The van der Waals surface area contributed by atoms with E-state index >= 15 is 0 Å². The summed E-state index contributed by atoms with van der Waals surface area (Å²) in [4.78, 5) is 6.61. The van der Waals surface area contributed by atoms with Gasteiger partial charge in [0.2, 0.25) is 0 Å². The van der Waals surface area contributed by atoms with E-state index in [0.29, 0.717) is 15.8 Å². The summed E-state index contributed by atoms with van der Waals surface area (Å²) in [5, 5.41) is 12.2. The number of nitrogens with one attached hydrogen (secondary N) is 1. The van der Waals surface area contributed by atoms with E-state index in [1.54, 1.807) is 12.4 Å². The number of rotatable bonds is 7. The van der Waals surface area contributed by atoms with E-state index < -0.39 is 0 Å². The van der Waals surface area contributed by atoms with Crippen LogP contribution in [0.2, 0.25) is 10.0 Å². The summed E-state index contributed by atoms with van der Waals surface area (Å²) >= 11 is 12.7. The molecular weight excluding hydrogens is 527 g/mol. The fraction of sp³-hybridized carbons (Fsp3) is 0.250. The van der Waals surface area contributed by atoms with E-state index in [2.05, 4.69) is 68.6 Å². The van der Waals surface area contributed by atoms with Crippen LogP contribution in [-0.2, 0) is 6.54 Å². The molecule has 1 aliphatic rings. The van der Waals surface area contributed by atoms with Crippen LogP contribution >= 0.6 is 23.2 Å². The van der Waals surface area contributed by atoms with E-state index in [9.17, 15) is 0 Å². The lowest BCUT2D eigenvalue weighted by molar-refractivity contribution is 0.221. The Bertz CT molecular complexity index is 1640. The van der Waals surface area contributed by atoms with Gasteiger partial charge in [0.05, 0.1) is 21.3 Å². The number of halogens is 2. The zero-order valence-corrected chi connectivity index (χ0v) is 23.3. The van der Waals surface area contributed by atoms with E-state index in [0.717, 1.165) is 28.7 Å². The molecule has 3 heterocycles. The highest BCUT2D eigenvalue weighted by molar-refractivity contribution is 6.35. The van der Waals surface area contributed by atoms with Gasteiger partial charge in [0.15, 0.2) is 0 Å². The second-order valence-corrected chi connectivity index (χ2v) is 10.9. The molecule has 7 heteroatoms. The van der Waals surface area contributed by atoms with Gasteiger partial charge in [0, 0.05) is 29.9 Å². The van der Waals surface area contributed by atoms with Gasteiger partial charge >= 0.3 is 0 Å². The average Bonchev–Trinajstić information content (AvgIpc) is 3.35. The number of piperidine rings is 1. The van der Waals surface area contributed by atoms with Crippen molar-refractivity contribution in [2.75, 3.05) is 13.1 Å². The minimum atomic E-state index is -0.342. The SMILES string of the molecule is CC(Oc1ccc2[nH]nc(/C=C/c3ccc(CN4CCCCC4)c4ccccc34)c2c1)c1c(Cl)cncc1Cl. The Morgan fingerprint density at radius 3 is 2.49 bits per heavy atom. The van der Waals surface area contributed by atoms with Crippen LogP contribution in [0.25, 0.3) is 33.8 Å². The van der Waals surface area contributed by atoms with Gasteiger partial charge < -0.3 is 4.74 Å². The monoisotopic (exact) mass is 556 g/mol. The molecule has 0 amide bonds. The predicted molar refractivity (Wildman–Crippen MR) is 161 cm³/mol. The van der Waals surface area contributed by atoms with Crippen molar-refractivity contribution in [2.45, 2.75) is 38.8 Å². The largest absolute Gasteiger partial charge is 0.486 e. The second kappa shape index (κ2) is 11.4. The molecule has 1 aliphatic heterocycles. The third kappa shape index (κ3) is 5.53. The molecule has 6 rings (SSSR count). The normalized spacial score (nSPS) is 15.4. The maximum Gasteiger partial charge on any atom is 0.124 e. The quantitative estimate of drug-likeness (QED) is 0.218. The maximum atomic E-state index is 6.34. The summed E-state index contributed by atoms with van der Waals surface area (Å²) in [6, 6.07) is 19.1. The molecule has 198 valence electrons. The Hall–Kier alpha value is -3.38. The summed E-state index contributed by atoms with van der Waals surface area (Å²) in [7, 11) is 0. The Kier molecular flexibility index (Phi) is 7.55. The van der Waals surface area contributed by atoms with Gasteiger partial charge in [0.25, 0.3) is 0 Å². The minimum absolute atomic E-state index is 0.342. The molecule has 39 heavy (non-hydrogen) atoms. The molecule has 0 spiro atoms. The van der Waals surface area contributed by atoms with Gasteiger partial charge in [-0.25, -0.2) is 0 Å². The number of ether oxygens (including phenoxy) is 1. The van der Waals surface area contributed by atoms with Crippen LogP contribution in [-0.4, -0.2) is 33.2 Å². The molecular formula is C32H30Cl2N4O. The van der Waals surface area contributed by atoms with Crippen molar-refractivity contribution in [3.05, 3.63) is 99.4 Å². The van der Waals surface area contributed by atoms with Crippen LogP contribution in [0.5, 0.6) is 5.75 Å². The number of H-pyrrole nitrogens is 1. The van der Waals surface area contributed by atoms with Gasteiger partial charge in [0.1, 0.15) is 11.9 Å². The van der Waals surface area contributed by atoms with Crippen molar-refractivity contribution < 1.29 is 4.74 Å². The van der Waals surface area contributed by atoms with E-state index in [1.807, 2.05) is 25.1 Å².